The highest BCUT2D eigenvalue weighted by atomic mass is 19.1. The summed E-state index contributed by atoms with van der Waals surface area (Å²) in [4.78, 5) is 17.3. The van der Waals surface area contributed by atoms with Crippen LogP contribution in [0.1, 0.15) is 41.6 Å². The summed E-state index contributed by atoms with van der Waals surface area (Å²) in [5.41, 5.74) is 1.14. The number of piperidine rings is 1. The molecule has 1 amide bonds. The Kier molecular flexibility index (Phi) is 7.14. The van der Waals surface area contributed by atoms with Gasteiger partial charge in [-0.25, -0.2) is 4.39 Å². The van der Waals surface area contributed by atoms with E-state index in [0.717, 1.165) is 50.9 Å². The minimum Gasteiger partial charge on any atom is -0.619 e. The van der Waals surface area contributed by atoms with E-state index in [2.05, 4.69) is 4.90 Å². The summed E-state index contributed by atoms with van der Waals surface area (Å²) in [6.45, 7) is 4.33. The van der Waals surface area contributed by atoms with Crippen LogP contribution < -0.4 is 4.73 Å². The molecule has 166 valence electrons. The third-order valence-electron chi connectivity index (χ3n) is 6.29. The Morgan fingerprint density at radius 2 is 1.97 bits per heavy atom. The van der Waals surface area contributed by atoms with E-state index in [1.165, 1.54) is 18.5 Å². The summed E-state index contributed by atoms with van der Waals surface area (Å²) >= 11 is 0. The largest absolute Gasteiger partial charge is 0.619 e. The third-order valence-corrected chi connectivity index (χ3v) is 6.29. The lowest BCUT2D eigenvalue weighted by Gasteiger charge is -2.35. The van der Waals surface area contributed by atoms with Crippen LogP contribution >= 0.6 is 0 Å². The number of carbonyl (C=O) groups excluding carboxylic acids is 1. The summed E-state index contributed by atoms with van der Waals surface area (Å²) < 4.78 is 20.4. The Morgan fingerprint density at radius 3 is 2.68 bits per heavy atom. The van der Waals surface area contributed by atoms with Gasteiger partial charge in [-0.2, -0.15) is 4.73 Å². The summed E-state index contributed by atoms with van der Waals surface area (Å²) in [5.74, 6) is 0.108. The number of benzene rings is 1. The molecule has 4 rings (SSSR count). The van der Waals surface area contributed by atoms with Gasteiger partial charge in [0.2, 0.25) is 0 Å². The van der Waals surface area contributed by atoms with Gasteiger partial charge in [-0.1, -0.05) is 18.2 Å². The maximum Gasteiger partial charge on any atom is 0.260 e. The van der Waals surface area contributed by atoms with Gasteiger partial charge in [0.15, 0.2) is 12.4 Å². The highest BCUT2D eigenvalue weighted by Crippen LogP contribution is 2.23. The number of amides is 1. The molecule has 0 unspecified atom stereocenters. The lowest BCUT2D eigenvalue weighted by Crippen LogP contribution is -2.44. The number of carbonyl (C=O) groups is 1. The van der Waals surface area contributed by atoms with E-state index in [1.807, 2.05) is 17.0 Å². The number of hydrogen-bond acceptors (Lipinski definition) is 4. The van der Waals surface area contributed by atoms with Gasteiger partial charge < -0.3 is 14.8 Å². The van der Waals surface area contributed by atoms with Gasteiger partial charge in [0.1, 0.15) is 11.4 Å². The molecule has 0 spiro atoms. The van der Waals surface area contributed by atoms with Gasteiger partial charge in [0.05, 0.1) is 6.10 Å². The SMILES string of the molecule is O=C(c1ccc[n+]([O-])c1)N(CC1CCN(Cc2ccccc2F)CC1)C[C@H]1CCCO1. The molecular formula is C24H30FN3O3. The molecule has 2 saturated heterocycles. The average molecular weight is 428 g/mol. The second-order valence-corrected chi connectivity index (χ2v) is 8.61. The molecular weight excluding hydrogens is 397 g/mol. The number of hydrogen-bond donors (Lipinski definition) is 0. The standard InChI is InChI=1S/C24H30FN3O3/c25-23-8-2-1-5-20(23)16-26-12-9-19(10-13-26)15-27(18-22-7-4-14-31-22)24(29)21-6-3-11-28(30)17-21/h1-3,5-6,8,11,17,19,22H,4,7,9-10,12-16,18H2/t22-/m1/s1. The van der Waals surface area contributed by atoms with Crippen LogP contribution in [0.4, 0.5) is 4.39 Å². The van der Waals surface area contributed by atoms with Crippen molar-refractivity contribution in [3.05, 3.63) is 70.9 Å². The van der Waals surface area contributed by atoms with Gasteiger partial charge in [0, 0.05) is 37.9 Å². The predicted molar refractivity (Wildman–Crippen MR) is 115 cm³/mol. The first-order valence-corrected chi connectivity index (χ1v) is 11.1. The lowest BCUT2D eigenvalue weighted by atomic mass is 9.95. The van der Waals surface area contributed by atoms with Crippen LogP contribution in [0.3, 0.4) is 0 Å². The summed E-state index contributed by atoms with van der Waals surface area (Å²) in [5, 5.41) is 11.7. The monoisotopic (exact) mass is 427 g/mol. The van der Waals surface area contributed by atoms with Crippen LogP contribution in [-0.4, -0.2) is 54.6 Å². The molecule has 0 bridgehead atoms. The zero-order valence-electron chi connectivity index (χ0n) is 17.8. The van der Waals surface area contributed by atoms with E-state index in [1.54, 1.807) is 18.2 Å². The van der Waals surface area contributed by atoms with Gasteiger partial charge >= 0.3 is 0 Å². The second-order valence-electron chi connectivity index (χ2n) is 8.61. The molecule has 2 aliphatic rings. The summed E-state index contributed by atoms with van der Waals surface area (Å²) in [7, 11) is 0. The zero-order valence-corrected chi connectivity index (χ0v) is 17.8. The van der Waals surface area contributed by atoms with Crippen LogP contribution in [-0.2, 0) is 11.3 Å². The molecule has 7 heteroatoms. The van der Waals surface area contributed by atoms with Crippen molar-refractivity contribution in [2.24, 2.45) is 5.92 Å². The Hall–Kier alpha value is -2.51. The minimum absolute atomic E-state index is 0.0631. The highest BCUT2D eigenvalue weighted by Gasteiger charge is 2.28. The van der Waals surface area contributed by atoms with Crippen LogP contribution in [0.5, 0.6) is 0 Å². The van der Waals surface area contributed by atoms with Crippen LogP contribution in [0.15, 0.2) is 48.8 Å². The molecule has 2 aliphatic heterocycles. The quantitative estimate of drug-likeness (QED) is 0.504. The zero-order chi connectivity index (χ0) is 21.6. The molecule has 1 aromatic carbocycles. The Morgan fingerprint density at radius 1 is 1.16 bits per heavy atom. The highest BCUT2D eigenvalue weighted by molar-refractivity contribution is 5.93. The number of pyridine rings is 1. The molecule has 3 heterocycles. The van der Waals surface area contributed by atoms with Crippen molar-refractivity contribution in [3.8, 4) is 0 Å². The molecule has 0 aliphatic carbocycles. The van der Waals surface area contributed by atoms with E-state index < -0.39 is 0 Å². The number of aromatic nitrogens is 1. The first kappa shape index (κ1) is 21.7. The normalized spacial score (nSPS) is 20.1. The lowest BCUT2D eigenvalue weighted by molar-refractivity contribution is -0.605. The van der Waals surface area contributed by atoms with E-state index in [4.69, 9.17) is 4.74 Å². The Labute approximate surface area is 182 Å². The molecule has 2 aromatic rings. The number of rotatable bonds is 7. The van der Waals surface area contributed by atoms with E-state index in [-0.39, 0.29) is 17.8 Å². The summed E-state index contributed by atoms with van der Waals surface area (Å²) in [6.07, 6.45) is 6.68. The first-order chi connectivity index (χ1) is 15.1. The van der Waals surface area contributed by atoms with Crippen molar-refractivity contribution in [2.45, 2.75) is 38.3 Å². The molecule has 1 aromatic heterocycles. The fraction of sp³-hybridized carbons (Fsp3) is 0.500. The van der Waals surface area contributed by atoms with Gasteiger partial charge in [-0.05, 0) is 56.8 Å². The molecule has 2 fully saturated rings. The maximum absolute atomic E-state index is 14.0. The van der Waals surface area contributed by atoms with Crippen molar-refractivity contribution in [3.63, 3.8) is 0 Å². The number of halogens is 1. The molecule has 0 radical (unpaired) electrons. The van der Waals surface area contributed by atoms with Crippen molar-refractivity contribution >= 4 is 5.91 Å². The maximum atomic E-state index is 14.0. The number of nitrogens with zero attached hydrogens (tertiary/aromatic N) is 3. The summed E-state index contributed by atoms with van der Waals surface area (Å²) in [6, 6.07) is 10.2. The third kappa shape index (κ3) is 5.80. The Bertz CT molecular complexity index is 880. The van der Waals surface area contributed by atoms with E-state index in [9.17, 15) is 14.4 Å². The molecule has 31 heavy (non-hydrogen) atoms. The van der Waals surface area contributed by atoms with Gasteiger partial charge in [-0.15, -0.1) is 0 Å². The van der Waals surface area contributed by atoms with Gasteiger partial charge in [0.25, 0.3) is 5.91 Å². The van der Waals surface area contributed by atoms with Crippen molar-refractivity contribution in [1.82, 2.24) is 9.80 Å². The van der Waals surface area contributed by atoms with Gasteiger partial charge in [-0.3, -0.25) is 9.69 Å². The molecule has 0 N–H and O–H groups in total. The minimum atomic E-state index is -0.156. The Balaban J connectivity index is 1.36. The predicted octanol–water partition coefficient (Wildman–Crippen LogP) is 2.99. The topological polar surface area (TPSA) is 59.7 Å². The number of likely N-dealkylation sites (tertiary alicyclic amines) is 1. The van der Waals surface area contributed by atoms with Crippen molar-refractivity contribution < 1.29 is 18.7 Å². The van der Waals surface area contributed by atoms with Crippen molar-refractivity contribution in [1.29, 1.82) is 0 Å². The molecule has 1 atom stereocenters. The first-order valence-electron chi connectivity index (χ1n) is 11.1. The van der Waals surface area contributed by atoms with Crippen LogP contribution in [0.2, 0.25) is 0 Å². The smallest absolute Gasteiger partial charge is 0.260 e. The molecule has 6 nitrogen and oxygen atoms in total. The fourth-order valence-corrected chi connectivity index (χ4v) is 4.54. The number of ether oxygens (including phenoxy) is 1. The fourth-order valence-electron chi connectivity index (χ4n) is 4.54. The van der Waals surface area contributed by atoms with E-state index >= 15 is 0 Å². The molecule has 0 saturated carbocycles. The second kappa shape index (κ2) is 10.2. The van der Waals surface area contributed by atoms with Crippen molar-refractivity contribution in [2.75, 3.05) is 32.8 Å². The van der Waals surface area contributed by atoms with E-state index in [0.29, 0.717) is 35.8 Å². The van der Waals surface area contributed by atoms with Crippen LogP contribution in [0, 0.1) is 16.9 Å². The average Bonchev–Trinajstić information content (AvgIpc) is 3.29. The van der Waals surface area contributed by atoms with Crippen LogP contribution in [0.25, 0.3) is 0 Å².